The molecule has 0 spiro atoms. The molecule has 4 rings (SSSR count). The smallest absolute Gasteiger partial charge is 0.282 e. The summed E-state index contributed by atoms with van der Waals surface area (Å²) in [6.45, 7) is -0.542. The summed E-state index contributed by atoms with van der Waals surface area (Å²) in [5.41, 5.74) is 0.855. The van der Waals surface area contributed by atoms with Gasteiger partial charge in [0.15, 0.2) is 0 Å². The van der Waals surface area contributed by atoms with Crippen LogP contribution in [0.25, 0.3) is 0 Å². The number of amides is 3. The van der Waals surface area contributed by atoms with Crippen molar-refractivity contribution in [2.75, 3.05) is 6.54 Å². The number of benzene rings is 3. The van der Waals surface area contributed by atoms with Gasteiger partial charge in [0, 0.05) is 6.07 Å². The van der Waals surface area contributed by atoms with Crippen molar-refractivity contribution >= 4 is 23.4 Å². The van der Waals surface area contributed by atoms with E-state index in [0.717, 1.165) is 22.1 Å². The van der Waals surface area contributed by atoms with Gasteiger partial charge >= 0.3 is 0 Å². The van der Waals surface area contributed by atoms with Crippen molar-refractivity contribution in [2.24, 2.45) is 0 Å². The first-order valence-electron chi connectivity index (χ1n) is 9.50. The number of nitrogens with one attached hydrogen (secondary N) is 1. The van der Waals surface area contributed by atoms with E-state index in [-0.39, 0.29) is 11.1 Å². The second kappa shape index (κ2) is 8.19. The lowest BCUT2D eigenvalue weighted by Gasteiger charge is -2.21. The molecule has 1 heterocycles. The molecule has 8 heteroatoms. The predicted molar refractivity (Wildman–Crippen MR) is 111 cm³/mol. The first-order valence-corrected chi connectivity index (χ1v) is 9.50. The summed E-state index contributed by atoms with van der Waals surface area (Å²) in [4.78, 5) is 49.5. The SMILES string of the molecule is O=C(CN1C(=O)c2cccc([N+](=O)[O-])c2C1=O)NC(c1ccccc1)c1ccccc1. The summed E-state index contributed by atoms with van der Waals surface area (Å²) < 4.78 is 0. The topological polar surface area (TPSA) is 110 Å². The Morgan fingerprint density at radius 3 is 2.00 bits per heavy atom. The fourth-order valence-electron chi connectivity index (χ4n) is 3.61. The van der Waals surface area contributed by atoms with Gasteiger partial charge in [-0.15, -0.1) is 0 Å². The van der Waals surface area contributed by atoms with Crippen LogP contribution in [0.3, 0.4) is 0 Å². The van der Waals surface area contributed by atoms with Gasteiger partial charge in [0.05, 0.1) is 16.5 Å². The lowest BCUT2D eigenvalue weighted by atomic mass is 9.99. The van der Waals surface area contributed by atoms with Gasteiger partial charge in [-0.3, -0.25) is 29.4 Å². The zero-order chi connectivity index (χ0) is 22.0. The highest BCUT2D eigenvalue weighted by Gasteiger charge is 2.41. The first kappa shape index (κ1) is 20.0. The molecule has 3 aromatic rings. The molecule has 0 unspecified atom stereocenters. The van der Waals surface area contributed by atoms with Crippen LogP contribution in [0.1, 0.15) is 37.9 Å². The molecule has 0 radical (unpaired) electrons. The average Bonchev–Trinajstić information content (AvgIpc) is 3.03. The van der Waals surface area contributed by atoms with Gasteiger partial charge in [0.25, 0.3) is 17.5 Å². The number of hydrogen-bond acceptors (Lipinski definition) is 5. The third-order valence-electron chi connectivity index (χ3n) is 5.05. The standard InChI is InChI=1S/C23H17N3O5/c27-19(24-21(15-8-3-1-4-9-15)16-10-5-2-6-11-16)14-25-22(28)17-12-7-13-18(26(30)31)20(17)23(25)29/h1-13,21H,14H2,(H,24,27). The van der Waals surface area contributed by atoms with Crippen molar-refractivity contribution < 1.29 is 19.3 Å². The van der Waals surface area contributed by atoms with Gasteiger partial charge in [-0.2, -0.15) is 0 Å². The second-order valence-electron chi connectivity index (χ2n) is 6.98. The summed E-state index contributed by atoms with van der Waals surface area (Å²) >= 11 is 0. The monoisotopic (exact) mass is 415 g/mol. The van der Waals surface area contributed by atoms with Gasteiger partial charge in [0.2, 0.25) is 5.91 Å². The minimum atomic E-state index is -0.849. The maximum Gasteiger partial charge on any atom is 0.282 e. The molecule has 0 fully saturated rings. The number of carbonyl (C=O) groups is 3. The molecule has 0 aromatic heterocycles. The Hall–Kier alpha value is -4.33. The van der Waals surface area contributed by atoms with E-state index in [4.69, 9.17) is 0 Å². The molecule has 8 nitrogen and oxygen atoms in total. The Morgan fingerprint density at radius 1 is 0.871 bits per heavy atom. The third-order valence-corrected chi connectivity index (χ3v) is 5.05. The number of rotatable bonds is 6. The Labute approximate surface area is 177 Å². The van der Waals surface area contributed by atoms with E-state index < -0.39 is 40.9 Å². The van der Waals surface area contributed by atoms with Crippen LogP contribution in [0, 0.1) is 10.1 Å². The van der Waals surface area contributed by atoms with Gasteiger partial charge in [-0.05, 0) is 17.2 Å². The van der Waals surface area contributed by atoms with E-state index in [2.05, 4.69) is 5.32 Å². The van der Waals surface area contributed by atoms with Crippen LogP contribution >= 0.6 is 0 Å². The lowest BCUT2D eigenvalue weighted by molar-refractivity contribution is -0.385. The maximum absolute atomic E-state index is 12.8. The number of carbonyl (C=O) groups excluding carboxylic acids is 3. The van der Waals surface area contributed by atoms with Crippen LogP contribution in [-0.4, -0.2) is 34.1 Å². The fourth-order valence-corrected chi connectivity index (χ4v) is 3.61. The van der Waals surface area contributed by atoms with Gasteiger partial charge in [-0.25, -0.2) is 0 Å². The zero-order valence-electron chi connectivity index (χ0n) is 16.2. The minimum Gasteiger partial charge on any atom is -0.344 e. The highest BCUT2D eigenvalue weighted by atomic mass is 16.6. The summed E-state index contributed by atoms with van der Waals surface area (Å²) in [6.07, 6.45) is 0. The lowest BCUT2D eigenvalue weighted by Crippen LogP contribution is -2.41. The molecule has 3 amide bonds. The molecule has 31 heavy (non-hydrogen) atoms. The van der Waals surface area contributed by atoms with Crippen molar-refractivity contribution in [3.8, 4) is 0 Å². The average molecular weight is 415 g/mol. The number of imide groups is 1. The Morgan fingerprint density at radius 2 is 1.45 bits per heavy atom. The molecule has 1 aliphatic heterocycles. The molecule has 154 valence electrons. The first-order chi connectivity index (χ1) is 15.0. The quantitative estimate of drug-likeness (QED) is 0.378. The van der Waals surface area contributed by atoms with Crippen LogP contribution in [0.2, 0.25) is 0 Å². The molecule has 0 saturated carbocycles. The molecule has 0 saturated heterocycles. The van der Waals surface area contributed by atoms with Gasteiger partial charge < -0.3 is 5.32 Å². The molecule has 0 aliphatic carbocycles. The van der Waals surface area contributed by atoms with Crippen molar-refractivity contribution in [3.05, 3.63) is 111 Å². The highest BCUT2D eigenvalue weighted by molar-refractivity contribution is 6.24. The van der Waals surface area contributed by atoms with Crippen LogP contribution in [-0.2, 0) is 4.79 Å². The summed E-state index contributed by atoms with van der Waals surface area (Å²) in [5, 5.41) is 14.1. The predicted octanol–water partition coefficient (Wildman–Crippen LogP) is 3.10. The van der Waals surface area contributed by atoms with E-state index in [1.807, 2.05) is 60.7 Å². The second-order valence-corrected chi connectivity index (χ2v) is 6.98. The number of hydrogen-bond donors (Lipinski definition) is 1. The van der Waals surface area contributed by atoms with Gasteiger partial charge in [0.1, 0.15) is 12.1 Å². The van der Waals surface area contributed by atoms with E-state index in [1.165, 1.54) is 12.1 Å². The number of fused-ring (bicyclic) bond motifs is 1. The number of nitro benzene ring substituents is 1. The molecule has 1 N–H and O–H groups in total. The van der Waals surface area contributed by atoms with Crippen molar-refractivity contribution in [1.82, 2.24) is 10.2 Å². The third kappa shape index (κ3) is 3.78. The van der Waals surface area contributed by atoms with Crippen molar-refractivity contribution in [3.63, 3.8) is 0 Å². The molecule has 1 aliphatic rings. The van der Waals surface area contributed by atoms with E-state index in [9.17, 15) is 24.5 Å². The highest BCUT2D eigenvalue weighted by Crippen LogP contribution is 2.30. The Balaban J connectivity index is 1.58. The van der Waals surface area contributed by atoms with Crippen molar-refractivity contribution in [1.29, 1.82) is 0 Å². The van der Waals surface area contributed by atoms with Crippen LogP contribution in [0.4, 0.5) is 5.69 Å². The van der Waals surface area contributed by atoms with Crippen LogP contribution < -0.4 is 5.32 Å². The molecular formula is C23H17N3O5. The number of nitro groups is 1. The summed E-state index contributed by atoms with van der Waals surface area (Å²) in [6, 6.07) is 21.9. The normalized spacial score (nSPS) is 12.7. The van der Waals surface area contributed by atoms with E-state index in [0.29, 0.717) is 0 Å². The largest absolute Gasteiger partial charge is 0.344 e. The number of nitrogens with zero attached hydrogens (tertiary/aromatic N) is 2. The van der Waals surface area contributed by atoms with Gasteiger partial charge in [-0.1, -0.05) is 66.7 Å². The van der Waals surface area contributed by atoms with E-state index in [1.54, 1.807) is 0 Å². The molecule has 0 atom stereocenters. The summed E-state index contributed by atoms with van der Waals surface area (Å²) in [5.74, 6) is -2.14. The maximum atomic E-state index is 12.8. The molecule has 3 aromatic carbocycles. The van der Waals surface area contributed by atoms with E-state index >= 15 is 0 Å². The zero-order valence-corrected chi connectivity index (χ0v) is 16.2. The molecule has 0 bridgehead atoms. The minimum absolute atomic E-state index is 0.0744. The summed E-state index contributed by atoms with van der Waals surface area (Å²) in [7, 11) is 0. The molecular weight excluding hydrogens is 398 g/mol. The Kier molecular flexibility index (Phi) is 5.28. The fraction of sp³-hybridized carbons (Fsp3) is 0.0870. The van der Waals surface area contributed by atoms with Crippen LogP contribution in [0.15, 0.2) is 78.9 Å². The Bertz CT molecular complexity index is 1140. The van der Waals surface area contributed by atoms with Crippen molar-refractivity contribution in [2.45, 2.75) is 6.04 Å². The van der Waals surface area contributed by atoms with Crippen LogP contribution in [0.5, 0.6) is 0 Å².